The van der Waals surface area contributed by atoms with Crippen LogP contribution in [0.25, 0.3) is 0 Å². The topological polar surface area (TPSA) is 54.4 Å². The van der Waals surface area contributed by atoms with Crippen molar-refractivity contribution in [2.24, 2.45) is 0 Å². The summed E-state index contributed by atoms with van der Waals surface area (Å²) in [5.74, 6) is -0.353. The van der Waals surface area contributed by atoms with Gasteiger partial charge < -0.3 is 5.11 Å². The van der Waals surface area contributed by atoms with Crippen molar-refractivity contribution in [3.05, 3.63) is 33.8 Å². The maximum absolute atomic E-state index is 11.0. The Hall–Kier alpha value is -0.290. The minimum Gasteiger partial charge on any atom is -0.387 e. The van der Waals surface area contributed by atoms with Crippen molar-refractivity contribution >= 4 is 33.0 Å². The molecule has 1 aromatic rings. The molecule has 1 atom stereocenters. The number of aliphatic hydroxyl groups is 1. The van der Waals surface area contributed by atoms with E-state index in [2.05, 4.69) is 0 Å². The Morgan fingerprint density at radius 3 is 2.47 bits per heavy atom. The molecule has 1 rings (SSSR count). The van der Waals surface area contributed by atoms with Gasteiger partial charge in [0.25, 0.3) is 0 Å². The second-order valence-electron chi connectivity index (χ2n) is 3.27. The lowest BCUT2D eigenvalue weighted by molar-refractivity contribution is 0.202. The highest BCUT2D eigenvalue weighted by atomic mass is 35.5. The Bertz CT molecular complexity index is 456. The van der Waals surface area contributed by atoms with E-state index in [0.717, 1.165) is 6.26 Å². The normalized spacial score (nSPS) is 13.9. The van der Waals surface area contributed by atoms with Gasteiger partial charge in [0.2, 0.25) is 0 Å². The van der Waals surface area contributed by atoms with E-state index in [1.54, 1.807) is 6.07 Å². The number of sulfone groups is 1. The Balaban J connectivity index is 2.97. The molecule has 0 aliphatic carbocycles. The van der Waals surface area contributed by atoms with Gasteiger partial charge in [0.1, 0.15) is 9.84 Å². The number of benzene rings is 1. The minimum absolute atomic E-state index is 0.263. The molecule has 84 valence electrons. The van der Waals surface area contributed by atoms with Gasteiger partial charge in [0.15, 0.2) is 0 Å². The zero-order valence-corrected chi connectivity index (χ0v) is 10.3. The predicted octanol–water partition coefficient (Wildman–Crippen LogP) is 2.07. The molecule has 0 bridgehead atoms. The Kier molecular flexibility index (Phi) is 4.00. The monoisotopic (exact) mass is 268 g/mol. The lowest BCUT2D eigenvalue weighted by Crippen LogP contribution is -2.13. The van der Waals surface area contributed by atoms with E-state index in [-0.39, 0.29) is 10.8 Å². The molecular weight excluding hydrogens is 259 g/mol. The summed E-state index contributed by atoms with van der Waals surface area (Å²) in [6.45, 7) is 0. The fourth-order valence-corrected chi connectivity index (χ4v) is 2.44. The van der Waals surface area contributed by atoms with Crippen molar-refractivity contribution in [3.63, 3.8) is 0 Å². The third-order valence-electron chi connectivity index (χ3n) is 1.78. The molecule has 0 spiro atoms. The average molecular weight is 269 g/mol. The first-order valence-corrected chi connectivity index (χ1v) is 6.92. The Morgan fingerprint density at radius 1 is 1.40 bits per heavy atom. The fraction of sp³-hybridized carbons (Fsp3) is 0.333. The first-order valence-electron chi connectivity index (χ1n) is 4.10. The van der Waals surface area contributed by atoms with E-state index in [1.165, 1.54) is 12.1 Å². The van der Waals surface area contributed by atoms with E-state index in [9.17, 15) is 13.5 Å². The van der Waals surface area contributed by atoms with Gasteiger partial charge in [-0.3, -0.25) is 0 Å². The predicted molar refractivity (Wildman–Crippen MR) is 61.1 cm³/mol. The maximum Gasteiger partial charge on any atom is 0.150 e. The summed E-state index contributed by atoms with van der Waals surface area (Å²) in [4.78, 5) is 0. The summed E-state index contributed by atoms with van der Waals surface area (Å²) in [5, 5.41) is 10.3. The second-order valence-corrected chi connectivity index (χ2v) is 6.30. The number of rotatable bonds is 3. The first kappa shape index (κ1) is 12.8. The summed E-state index contributed by atoms with van der Waals surface area (Å²) < 4.78 is 21.9. The summed E-state index contributed by atoms with van der Waals surface area (Å²) in [6.07, 6.45) is -0.0650. The van der Waals surface area contributed by atoms with Crippen LogP contribution in [0.3, 0.4) is 0 Å². The highest BCUT2D eigenvalue weighted by Crippen LogP contribution is 2.26. The fourth-order valence-electron chi connectivity index (χ4n) is 1.15. The van der Waals surface area contributed by atoms with Crippen LogP contribution in [0.5, 0.6) is 0 Å². The third kappa shape index (κ3) is 3.99. The number of halogens is 2. The largest absolute Gasteiger partial charge is 0.387 e. The van der Waals surface area contributed by atoms with Crippen molar-refractivity contribution in [3.8, 4) is 0 Å². The van der Waals surface area contributed by atoms with Crippen molar-refractivity contribution in [2.45, 2.75) is 6.10 Å². The van der Waals surface area contributed by atoms with Gasteiger partial charge in [-0.1, -0.05) is 29.3 Å². The van der Waals surface area contributed by atoms with Crippen LogP contribution in [0.15, 0.2) is 18.2 Å². The molecule has 0 radical (unpaired) electrons. The number of hydrogen-bond acceptors (Lipinski definition) is 3. The minimum atomic E-state index is -3.24. The third-order valence-corrected chi connectivity index (χ3v) is 3.27. The van der Waals surface area contributed by atoms with Gasteiger partial charge in [-0.25, -0.2) is 8.42 Å². The summed E-state index contributed by atoms with van der Waals surface area (Å²) in [6, 6.07) is 4.53. The van der Waals surface area contributed by atoms with E-state index >= 15 is 0 Å². The van der Waals surface area contributed by atoms with Crippen LogP contribution in [0, 0.1) is 0 Å². The smallest absolute Gasteiger partial charge is 0.150 e. The van der Waals surface area contributed by atoms with Crippen LogP contribution in [0.1, 0.15) is 11.7 Å². The van der Waals surface area contributed by atoms with Crippen molar-refractivity contribution in [1.29, 1.82) is 0 Å². The molecule has 1 N–H and O–H groups in total. The molecule has 0 aromatic heterocycles. The molecule has 15 heavy (non-hydrogen) atoms. The van der Waals surface area contributed by atoms with Crippen LogP contribution < -0.4 is 0 Å². The van der Waals surface area contributed by atoms with Gasteiger partial charge >= 0.3 is 0 Å². The van der Waals surface area contributed by atoms with E-state index in [4.69, 9.17) is 23.2 Å². The molecule has 0 heterocycles. The molecule has 0 saturated carbocycles. The van der Waals surface area contributed by atoms with E-state index in [1.807, 2.05) is 0 Å². The van der Waals surface area contributed by atoms with Crippen LogP contribution in [-0.4, -0.2) is 25.5 Å². The first-order chi connectivity index (χ1) is 6.79. The number of aliphatic hydroxyl groups excluding tert-OH is 1. The number of hydrogen-bond donors (Lipinski definition) is 1. The Labute approximate surface area is 98.6 Å². The van der Waals surface area contributed by atoms with Gasteiger partial charge in [-0.2, -0.15) is 0 Å². The summed E-state index contributed by atoms with van der Waals surface area (Å²) >= 11 is 11.5. The lowest BCUT2D eigenvalue weighted by Gasteiger charge is -2.11. The van der Waals surface area contributed by atoms with Crippen LogP contribution >= 0.6 is 23.2 Å². The zero-order valence-electron chi connectivity index (χ0n) is 7.94. The van der Waals surface area contributed by atoms with Crippen molar-refractivity contribution < 1.29 is 13.5 Å². The van der Waals surface area contributed by atoms with Crippen molar-refractivity contribution in [1.82, 2.24) is 0 Å². The standard InChI is InChI=1S/C9H10Cl2O3S/c1-15(13,14)5-9(12)7-3-2-6(10)4-8(7)11/h2-4,9,12H,5H2,1H3/t9-/m1/s1. The summed E-state index contributed by atoms with van der Waals surface area (Å²) in [5.41, 5.74) is 0.367. The molecule has 1 aromatic carbocycles. The van der Waals surface area contributed by atoms with Crippen LogP contribution in [0.2, 0.25) is 10.0 Å². The maximum atomic E-state index is 11.0. The summed E-state index contributed by atoms with van der Waals surface area (Å²) in [7, 11) is -3.24. The molecule has 0 aliphatic heterocycles. The van der Waals surface area contributed by atoms with Gasteiger partial charge in [0.05, 0.1) is 11.9 Å². The van der Waals surface area contributed by atoms with E-state index < -0.39 is 15.9 Å². The van der Waals surface area contributed by atoms with Crippen molar-refractivity contribution in [2.75, 3.05) is 12.0 Å². The van der Waals surface area contributed by atoms with E-state index in [0.29, 0.717) is 10.6 Å². The highest BCUT2D eigenvalue weighted by molar-refractivity contribution is 7.90. The molecule has 0 fully saturated rings. The molecule has 0 saturated heterocycles. The second kappa shape index (κ2) is 4.70. The average Bonchev–Trinajstić information content (AvgIpc) is 1.99. The quantitative estimate of drug-likeness (QED) is 0.913. The van der Waals surface area contributed by atoms with Gasteiger partial charge in [-0.15, -0.1) is 0 Å². The molecule has 3 nitrogen and oxygen atoms in total. The molecule has 0 aliphatic rings. The van der Waals surface area contributed by atoms with Gasteiger partial charge in [-0.05, 0) is 12.1 Å². The highest BCUT2D eigenvalue weighted by Gasteiger charge is 2.17. The SMILES string of the molecule is CS(=O)(=O)C[C@@H](O)c1ccc(Cl)cc1Cl. The van der Waals surface area contributed by atoms with Crippen LogP contribution in [-0.2, 0) is 9.84 Å². The Morgan fingerprint density at radius 2 is 2.00 bits per heavy atom. The molecule has 0 amide bonds. The lowest BCUT2D eigenvalue weighted by atomic mass is 10.1. The van der Waals surface area contributed by atoms with Crippen LogP contribution in [0.4, 0.5) is 0 Å². The molecule has 6 heteroatoms. The molecule has 0 unspecified atom stereocenters. The van der Waals surface area contributed by atoms with Gasteiger partial charge in [0, 0.05) is 21.9 Å². The molecular formula is C9H10Cl2O3S. The zero-order chi connectivity index (χ0) is 11.6.